The average molecular weight is 329 g/mol. The first-order valence-electron chi connectivity index (χ1n) is 4.83. The lowest BCUT2D eigenvalue weighted by molar-refractivity contribution is 0.610. The molecule has 0 saturated carbocycles. The molecule has 17 heavy (non-hydrogen) atoms. The monoisotopic (exact) mass is 328 g/mol. The number of rotatable bonds is 3. The largest absolute Gasteiger partial charge is 0.234 e. The summed E-state index contributed by atoms with van der Waals surface area (Å²) >= 11 is 3.28. The minimum Gasteiger partial charge on any atom is -0.212 e. The molecule has 0 aliphatic carbocycles. The fourth-order valence-electron chi connectivity index (χ4n) is 1.25. The van der Waals surface area contributed by atoms with Crippen LogP contribution in [-0.2, 0) is 8.87 Å². The van der Waals surface area contributed by atoms with Crippen molar-refractivity contribution in [2.24, 2.45) is 0 Å². The topological polar surface area (TPSA) is 34.1 Å². The summed E-state index contributed by atoms with van der Waals surface area (Å²) in [6.07, 6.45) is 0. The van der Waals surface area contributed by atoms with E-state index in [9.17, 15) is 8.42 Å². The summed E-state index contributed by atoms with van der Waals surface area (Å²) in [5.41, 5.74) is 0. The van der Waals surface area contributed by atoms with Gasteiger partial charge in [-0.05, 0) is 36.4 Å². The van der Waals surface area contributed by atoms with Crippen molar-refractivity contribution < 1.29 is 8.42 Å². The van der Waals surface area contributed by atoms with Crippen LogP contribution in [0.1, 0.15) is 0 Å². The third-order valence-corrected chi connectivity index (χ3v) is 5.93. The molecule has 0 atom stereocenters. The Bertz CT molecular complexity index is 592. The molecule has 0 bridgehead atoms. The molecule has 0 aliphatic rings. The van der Waals surface area contributed by atoms with Crippen LogP contribution in [0.5, 0.6) is 0 Å². The van der Waals surface area contributed by atoms with E-state index in [0.717, 1.165) is 20.2 Å². The van der Waals surface area contributed by atoms with Gasteiger partial charge >= 0.3 is 0 Å². The van der Waals surface area contributed by atoms with Crippen molar-refractivity contribution in [2.75, 3.05) is 0 Å². The Hall–Kier alpha value is -0.780. The van der Waals surface area contributed by atoms with Gasteiger partial charge in [-0.2, -0.15) is 0 Å². The molecule has 0 spiro atoms. The van der Waals surface area contributed by atoms with Gasteiger partial charge in [0.1, 0.15) is 0 Å². The van der Waals surface area contributed by atoms with Crippen LogP contribution < -0.4 is 0 Å². The van der Waals surface area contributed by atoms with E-state index in [1.807, 2.05) is 18.2 Å². The highest BCUT2D eigenvalue weighted by Gasteiger charge is 2.15. The summed E-state index contributed by atoms with van der Waals surface area (Å²) in [6, 6.07) is 15.7. The molecule has 2 rings (SSSR count). The lowest BCUT2D eigenvalue weighted by Crippen LogP contribution is -1.94. The molecule has 0 aromatic heterocycles. The molecule has 0 amide bonds. The Morgan fingerprint density at radius 3 is 2.06 bits per heavy atom. The molecule has 0 radical (unpaired) electrons. The van der Waals surface area contributed by atoms with Crippen molar-refractivity contribution in [2.45, 2.75) is 9.79 Å². The van der Waals surface area contributed by atoms with E-state index in [-0.39, 0.29) is 0 Å². The van der Waals surface area contributed by atoms with Gasteiger partial charge in [-0.15, -0.1) is 0 Å². The first-order valence-corrected chi connectivity index (χ1v) is 8.44. The van der Waals surface area contributed by atoms with Crippen LogP contribution in [-0.4, -0.2) is 8.42 Å². The van der Waals surface area contributed by atoms with Gasteiger partial charge in [-0.1, -0.05) is 34.1 Å². The average Bonchev–Trinajstić information content (AvgIpc) is 2.30. The summed E-state index contributed by atoms with van der Waals surface area (Å²) in [4.78, 5) is 1.03. The zero-order chi connectivity index (χ0) is 12.3. The second kappa shape index (κ2) is 5.25. The molecule has 0 N–H and O–H groups in total. The minimum absolute atomic E-state index is 0.314. The Morgan fingerprint density at radius 1 is 0.882 bits per heavy atom. The van der Waals surface area contributed by atoms with E-state index in [0.29, 0.717) is 4.90 Å². The van der Waals surface area contributed by atoms with Crippen LogP contribution >= 0.6 is 26.7 Å². The second-order valence-electron chi connectivity index (χ2n) is 3.30. The number of hydrogen-bond acceptors (Lipinski definition) is 3. The van der Waals surface area contributed by atoms with E-state index < -0.39 is 8.87 Å². The fraction of sp³-hybridized carbons (Fsp3) is 0. The third-order valence-electron chi connectivity index (χ3n) is 2.05. The van der Waals surface area contributed by atoms with Crippen LogP contribution in [0.2, 0.25) is 0 Å². The van der Waals surface area contributed by atoms with Crippen LogP contribution in [0, 0.1) is 0 Å². The zero-order valence-corrected chi connectivity index (χ0v) is 11.9. The summed E-state index contributed by atoms with van der Waals surface area (Å²) < 4.78 is 25.0. The number of benzene rings is 2. The van der Waals surface area contributed by atoms with Crippen molar-refractivity contribution in [1.29, 1.82) is 0 Å². The second-order valence-corrected chi connectivity index (χ2v) is 8.05. The summed E-state index contributed by atoms with van der Waals surface area (Å²) in [5, 5.41) is 0. The van der Waals surface area contributed by atoms with Crippen molar-refractivity contribution in [1.82, 2.24) is 0 Å². The Kier molecular flexibility index (Phi) is 3.91. The van der Waals surface area contributed by atoms with Crippen molar-refractivity contribution in [3.8, 4) is 0 Å². The van der Waals surface area contributed by atoms with E-state index in [1.54, 1.807) is 36.4 Å². The molecule has 5 heteroatoms. The first-order chi connectivity index (χ1) is 8.08. The maximum absolute atomic E-state index is 12.1. The molecular weight excluding hydrogens is 320 g/mol. The van der Waals surface area contributed by atoms with Gasteiger partial charge in [0.25, 0.3) is 0 Å². The lowest BCUT2D eigenvalue weighted by atomic mass is 10.4. The molecular formula is C12H9BrO2S2. The molecule has 0 heterocycles. The van der Waals surface area contributed by atoms with Gasteiger partial charge in [0.05, 0.1) is 4.90 Å². The summed E-state index contributed by atoms with van der Waals surface area (Å²) in [5.74, 6) is 0. The van der Waals surface area contributed by atoms with Gasteiger partial charge in [0.15, 0.2) is 0 Å². The van der Waals surface area contributed by atoms with Gasteiger partial charge < -0.3 is 0 Å². The van der Waals surface area contributed by atoms with E-state index in [2.05, 4.69) is 15.9 Å². The zero-order valence-electron chi connectivity index (χ0n) is 8.71. The molecule has 2 aromatic carbocycles. The Labute approximate surface area is 113 Å². The highest BCUT2D eigenvalue weighted by atomic mass is 79.9. The van der Waals surface area contributed by atoms with E-state index >= 15 is 0 Å². The predicted molar refractivity (Wildman–Crippen MR) is 73.6 cm³/mol. The SMILES string of the molecule is O=S(=O)(Sc1ccccc1)c1ccc(Br)cc1. The third kappa shape index (κ3) is 3.34. The van der Waals surface area contributed by atoms with E-state index in [1.165, 1.54) is 0 Å². The molecule has 0 aliphatic heterocycles. The lowest BCUT2D eigenvalue weighted by Gasteiger charge is -2.03. The predicted octanol–water partition coefficient (Wildman–Crippen LogP) is 3.93. The summed E-state index contributed by atoms with van der Waals surface area (Å²) in [6.45, 7) is 0. The molecule has 0 saturated heterocycles. The normalized spacial score (nSPS) is 11.4. The highest BCUT2D eigenvalue weighted by molar-refractivity contribution is 9.10. The van der Waals surface area contributed by atoms with Crippen LogP contribution in [0.15, 0.2) is 68.9 Å². The molecule has 88 valence electrons. The fourth-order valence-corrected chi connectivity index (χ4v) is 4.32. The van der Waals surface area contributed by atoms with Gasteiger partial charge in [0, 0.05) is 20.2 Å². The van der Waals surface area contributed by atoms with Crippen LogP contribution in [0.3, 0.4) is 0 Å². The summed E-state index contributed by atoms with van der Waals surface area (Å²) in [7, 11) is -2.47. The van der Waals surface area contributed by atoms with Crippen molar-refractivity contribution in [3.05, 3.63) is 59.1 Å². The van der Waals surface area contributed by atoms with Crippen molar-refractivity contribution >= 4 is 35.6 Å². The quantitative estimate of drug-likeness (QED) is 0.800. The minimum atomic E-state index is -3.33. The molecule has 0 unspecified atom stereocenters. The van der Waals surface area contributed by atoms with Gasteiger partial charge in [-0.3, -0.25) is 0 Å². The molecule has 2 nitrogen and oxygen atoms in total. The number of halogens is 1. The smallest absolute Gasteiger partial charge is 0.212 e. The Balaban J connectivity index is 2.29. The Morgan fingerprint density at radius 2 is 1.47 bits per heavy atom. The number of hydrogen-bond donors (Lipinski definition) is 0. The van der Waals surface area contributed by atoms with Crippen LogP contribution in [0.4, 0.5) is 0 Å². The van der Waals surface area contributed by atoms with Crippen molar-refractivity contribution in [3.63, 3.8) is 0 Å². The van der Waals surface area contributed by atoms with Gasteiger partial charge in [0.2, 0.25) is 8.87 Å². The molecule has 0 fully saturated rings. The van der Waals surface area contributed by atoms with E-state index in [4.69, 9.17) is 0 Å². The van der Waals surface area contributed by atoms with Crippen LogP contribution in [0.25, 0.3) is 0 Å². The highest BCUT2D eigenvalue weighted by Crippen LogP contribution is 2.30. The maximum atomic E-state index is 12.1. The molecule has 2 aromatic rings. The maximum Gasteiger partial charge on any atom is 0.234 e. The standard InChI is InChI=1S/C12H9BrO2S2/c13-10-6-8-12(9-7-10)17(14,15)16-11-4-2-1-3-5-11/h1-9H. The van der Waals surface area contributed by atoms with Gasteiger partial charge in [-0.25, -0.2) is 8.42 Å². The first kappa shape index (κ1) is 12.7.